The van der Waals surface area contributed by atoms with Gasteiger partial charge in [0.25, 0.3) is 0 Å². The van der Waals surface area contributed by atoms with Crippen molar-refractivity contribution in [2.75, 3.05) is 0 Å². The van der Waals surface area contributed by atoms with Crippen LogP contribution in [0.5, 0.6) is 0 Å². The van der Waals surface area contributed by atoms with Crippen LogP contribution in [0.25, 0.3) is 10.8 Å². The highest BCUT2D eigenvalue weighted by atomic mass is 16.5. The number of nitrogens with zero attached hydrogens (tertiary/aromatic N) is 2. The Kier molecular flexibility index (Phi) is 5.34. The van der Waals surface area contributed by atoms with Gasteiger partial charge in [-0.1, -0.05) is 60.7 Å². The lowest BCUT2D eigenvalue weighted by atomic mass is 10.0. The molecule has 0 unspecified atom stereocenters. The largest absolute Gasteiger partial charge is 0.372 e. The van der Waals surface area contributed by atoms with Crippen LogP contribution >= 0.6 is 0 Å². The Labute approximate surface area is 175 Å². The maximum atomic E-state index is 6.04. The molecule has 30 heavy (non-hydrogen) atoms. The maximum absolute atomic E-state index is 6.04. The van der Waals surface area contributed by atoms with Gasteiger partial charge in [0.05, 0.1) is 37.8 Å². The molecule has 148 valence electrons. The molecule has 0 N–H and O–H groups in total. The topological polar surface area (TPSA) is 43.2 Å². The molecule has 0 amide bonds. The average molecular weight is 394 g/mol. The Morgan fingerprint density at radius 2 is 0.967 bits per heavy atom. The number of fused-ring (bicyclic) bond motifs is 4. The third-order valence-corrected chi connectivity index (χ3v) is 5.26. The van der Waals surface area contributed by atoms with E-state index in [1.54, 1.807) is 0 Å². The molecule has 0 radical (unpaired) electrons. The van der Waals surface area contributed by atoms with E-state index < -0.39 is 0 Å². The number of azo groups is 1. The van der Waals surface area contributed by atoms with E-state index in [-0.39, 0.29) is 0 Å². The van der Waals surface area contributed by atoms with Crippen molar-refractivity contribution in [2.45, 2.75) is 26.4 Å². The Bertz CT molecular complexity index is 1120. The summed E-state index contributed by atoms with van der Waals surface area (Å²) >= 11 is 0. The van der Waals surface area contributed by atoms with Gasteiger partial charge in [-0.3, -0.25) is 0 Å². The minimum absolute atomic E-state index is 0.526. The number of benzene rings is 4. The molecule has 0 spiro atoms. The molecule has 0 fully saturated rings. The van der Waals surface area contributed by atoms with Gasteiger partial charge in [0.15, 0.2) is 0 Å². The van der Waals surface area contributed by atoms with Crippen molar-refractivity contribution in [3.05, 3.63) is 107 Å². The van der Waals surface area contributed by atoms with Crippen molar-refractivity contribution in [1.82, 2.24) is 0 Å². The van der Waals surface area contributed by atoms with Crippen LogP contribution < -0.4 is 0 Å². The molecule has 0 aliphatic carbocycles. The Hall–Kier alpha value is -3.34. The number of hydrogen-bond donors (Lipinski definition) is 0. The summed E-state index contributed by atoms with van der Waals surface area (Å²) in [4.78, 5) is 0. The van der Waals surface area contributed by atoms with Crippen LogP contribution in [0.3, 0.4) is 0 Å². The van der Waals surface area contributed by atoms with Crippen molar-refractivity contribution in [3.63, 3.8) is 0 Å². The van der Waals surface area contributed by atoms with Crippen LogP contribution in [0.2, 0.25) is 0 Å². The molecule has 4 nitrogen and oxygen atoms in total. The van der Waals surface area contributed by atoms with Crippen molar-refractivity contribution < 1.29 is 9.47 Å². The van der Waals surface area contributed by atoms with Gasteiger partial charge in [0.1, 0.15) is 0 Å². The standard InChI is InChI=1S/C26H22N2O2/c1-5-19-13-23(9-1)27-28-24-10-2-6-20(14-24)16-30-18-22-8-4-11-25-21(17-29-15-19)7-3-12-26(22)25/h1-14H,15-18H2. The summed E-state index contributed by atoms with van der Waals surface area (Å²) in [5.41, 5.74) is 6.15. The van der Waals surface area contributed by atoms with Gasteiger partial charge in [-0.05, 0) is 57.3 Å². The monoisotopic (exact) mass is 394 g/mol. The van der Waals surface area contributed by atoms with E-state index in [4.69, 9.17) is 9.47 Å². The van der Waals surface area contributed by atoms with E-state index in [2.05, 4.69) is 58.8 Å². The third kappa shape index (κ3) is 4.15. The number of hydrogen-bond acceptors (Lipinski definition) is 4. The second-order valence-corrected chi connectivity index (χ2v) is 7.45. The van der Waals surface area contributed by atoms with Crippen LogP contribution in [-0.4, -0.2) is 0 Å². The highest BCUT2D eigenvalue weighted by Crippen LogP contribution is 2.26. The lowest BCUT2D eigenvalue weighted by Crippen LogP contribution is -1.98. The second-order valence-electron chi connectivity index (χ2n) is 7.45. The van der Waals surface area contributed by atoms with Crippen molar-refractivity contribution in [2.24, 2.45) is 10.2 Å². The Morgan fingerprint density at radius 3 is 1.47 bits per heavy atom. The molecular weight excluding hydrogens is 372 g/mol. The first-order valence-corrected chi connectivity index (χ1v) is 10.1. The zero-order valence-electron chi connectivity index (χ0n) is 16.6. The lowest BCUT2D eigenvalue weighted by Gasteiger charge is -2.12. The molecular formula is C26H22N2O2. The molecule has 4 aromatic rings. The van der Waals surface area contributed by atoms with Gasteiger partial charge in [-0.15, -0.1) is 0 Å². The Balaban J connectivity index is 1.53. The first-order valence-electron chi connectivity index (χ1n) is 10.1. The zero-order valence-corrected chi connectivity index (χ0v) is 16.6. The minimum Gasteiger partial charge on any atom is -0.372 e. The third-order valence-electron chi connectivity index (χ3n) is 5.26. The molecule has 1 aliphatic rings. The zero-order chi connectivity index (χ0) is 20.2. The first-order chi connectivity index (χ1) is 14.8. The minimum atomic E-state index is 0.526. The SMILES string of the molecule is c1cc2cc(c1)N=Nc1cccc(c1)COCc1cccc3c(cccc13)COC2. The quantitative estimate of drug-likeness (QED) is 0.322. The highest BCUT2D eigenvalue weighted by Gasteiger charge is 2.07. The fourth-order valence-corrected chi connectivity index (χ4v) is 3.78. The molecule has 0 aromatic heterocycles. The van der Waals surface area contributed by atoms with Gasteiger partial charge in [-0.2, -0.15) is 10.2 Å². The van der Waals surface area contributed by atoms with Crippen LogP contribution in [0.15, 0.2) is 95.2 Å². The van der Waals surface area contributed by atoms with Crippen LogP contribution in [0, 0.1) is 0 Å². The molecule has 0 saturated carbocycles. The van der Waals surface area contributed by atoms with Crippen molar-refractivity contribution >= 4 is 22.1 Å². The Morgan fingerprint density at radius 1 is 0.500 bits per heavy atom. The molecule has 8 bridgehead atoms. The summed E-state index contributed by atoms with van der Waals surface area (Å²) in [5.74, 6) is 0. The van der Waals surface area contributed by atoms with Crippen LogP contribution in [-0.2, 0) is 35.9 Å². The molecule has 1 aliphatic heterocycles. The van der Waals surface area contributed by atoms with Crippen LogP contribution in [0.1, 0.15) is 22.3 Å². The lowest BCUT2D eigenvalue weighted by molar-refractivity contribution is 0.107. The summed E-state index contributed by atoms with van der Waals surface area (Å²) in [6.07, 6.45) is 0. The summed E-state index contributed by atoms with van der Waals surface area (Å²) in [6.45, 7) is 2.16. The van der Waals surface area contributed by atoms with E-state index in [0.717, 1.165) is 22.5 Å². The summed E-state index contributed by atoms with van der Waals surface area (Å²) in [6, 6.07) is 28.7. The van der Waals surface area contributed by atoms with Gasteiger partial charge in [0.2, 0.25) is 0 Å². The molecule has 5 rings (SSSR count). The molecule has 4 aromatic carbocycles. The van der Waals surface area contributed by atoms with E-state index in [1.807, 2.05) is 36.4 Å². The summed E-state index contributed by atoms with van der Waals surface area (Å²) in [7, 11) is 0. The van der Waals surface area contributed by atoms with E-state index >= 15 is 0 Å². The predicted octanol–water partition coefficient (Wildman–Crippen LogP) is 7.00. The van der Waals surface area contributed by atoms with E-state index in [1.165, 1.54) is 21.9 Å². The normalized spacial score (nSPS) is 14.4. The molecule has 1 heterocycles. The molecule has 0 saturated heterocycles. The van der Waals surface area contributed by atoms with Gasteiger partial charge in [0, 0.05) is 0 Å². The van der Waals surface area contributed by atoms with Gasteiger partial charge >= 0.3 is 0 Å². The van der Waals surface area contributed by atoms with Gasteiger partial charge in [-0.25, -0.2) is 0 Å². The predicted molar refractivity (Wildman–Crippen MR) is 118 cm³/mol. The average Bonchev–Trinajstić information content (AvgIpc) is 2.78. The first kappa shape index (κ1) is 18.7. The van der Waals surface area contributed by atoms with Crippen molar-refractivity contribution in [3.8, 4) is 0 Å². The second kappa shape index (κ2) is 8.57. The highest BCUT2D eigenvalue weighted by molar-refractivity contribution is 5.88. The van der Waals surface area contributed by atoms with Crippen molar-refractivity contribution in [1.29, 1.82) is 0 Å². The molecule has 0 atom stereocenters. The van der Waals surface area contributed by atoms with E-state index in [0.29, 0.717) is 26.4 Å². The summed E-state index contributed by atoms with van der Waals surface area (Å²) < 4.78 is 12.1. The van der Waals surface area contributed by atoms with Gasteiger partial charge < -0.3 is 9.47 Å². The fourth-order valence-electron chi connectivity index (χ4n) is 3.78. The maximum Gasteiger partial charge on any atom is 0.0860 e. The number of ether oxygens (including phenoxy) is 2. The number of rotatable bonds is 0. The molecule has 4 heteroatoms. The fraction of sp³-hybridized carbons (Fsp3) is 0.154. The van der Waals surface area contributed by atoms with Crippen LogP contribution in [0.4, 0.5) is 11.4 Å². The smallest absolute Gasteiger partial charge is 0.0860 e. The summed E-state index contributed by atoms with van der Waals surface area (Å²) in [5, 5.41) is 11.2. The van der Waals surface area contributed by atoms with E-state index in [9.17, 15) is 0 Å².